The van der Waals surface area contributed by atoms with Gasteiger partial charge in [-0.15, -0.1) is 0 Å². The van der Waals surface area contributed by atoms with Crippen LogP contribution in [0.5, 0.6) is 0 Å². The molecular weight excluding hydrogens is 200 g/mol. The van der Waals surface area contributed by atoms with Gasteiger partial charge in [-0.25, -0.2) is 0 Å². The first kappa shape index (κ1) is 13.2. The molecule has 1 aliphatic heterocycles. The van der Waals surface area contributed by atoms with Gasteiger partial charge in [-0.1, -0.05) is 39.8 Å². The standard InChI is InChI=1S/C14H27S/c1-12(2,3)15-10-13(4,5)8-9-14(6,7)11-15/h8-9H,10-11H2,1-7H3/q+1. The van der Waals surface area contributed by atoms with Crippen LogP contribution in [0.25, 0.3) is 0 Å². The highest BCUT2D eigenvalue weighted by molar-refractivity contribution is 7.98. The fourth-order valence-corrected chi connectivity index (χ4v) is 4.89. The lowest BCUT2D eigenvalue weighted by Gasteiger charge is -2.28. The van der Waals surface area contributed by atoms with Crippen molar-refractivity contribution in [2.45, 2.75) is 53.2 Å². The Morgan fingerprint density at radius 3 is 1.47 bits per heavy atom. The van der Waals surface area contributed by atoms with Gasteiger partial charge in [0, 0.05) is 10.8 Å². The Kier molecular flexibility index (Phi) is 3.36. The van der Waals surface area contributed by atoms with E-state index in [1.165, 1.54) is 11.5 Å². The topological polar surface area (TPSA) is 0 Å². The maximum absolute atomic E-state index is 2.44. The molecule has 1 rings (SSSR count). The van der Waals surface area contributed by atoms with E-state index in [1.54, 1.807) is 0 Å². The molecule has 0 aromatic heterocycles. The van der Waals surface area contributed by atoms with Crippen molar-refractivity contribution in [1.29, 1.82) is 0 Å². The molecule has 0 aromatic rings. The smallest absolute Gasteiger partial charge is 0.0775 e. The Bertz CT molecular complexity index is 233. The summed E-state index contributed by atoms with van der Waals surface area (Å²) in [6, 6.07) is 0. The van der Waals surface area contributed by atoms with Crippen molar-refractivity contribution in [3.05, 3.63) is 12.2 Å². The van der Waals surface area contributed by atoms with Crippen molar-refractivity contribution >= 4 is 10.9 Å². The highest BCUT2D eigenvalue weighted by Crippen LogP contribution is 2.37. The molecule has 0 amide bonds. The molecule has 1 heterocycles. The molecule has 15 heavy (non-hydrogen) atoms. The van der Waals surface area contributed by atoms with Gasteiger partial charge in [0.05, 0.1) is 0 Å². The summed E-state index contributed by atoms with van der Waals surface area (Å²) in [5.41, 5.74) is 0.758. The summed E-state index contributed by atoms with van der Waals surface area (Å²) in [7, 11) is 0.519. The average molecular weight is 227 g/mol. The van der Waals surface area contributed by atoms with E-state index < -0.39 is 0 Å². The van der Waals surface area contributed by atoms with Crippen LogP contribution < -0.4 is 0 Å². The predicted molar refractivity (Wildman–Crippen MR) is 73.6 cm³/mol. The van der Waals surface area contributed by atoms with E-state index >= 15 is 0 Å². The first-order valence-electron chi connectivity index (χ1n) is 5.90. The SMILES string of the molecule is CC1(C)C=CC(C)(C)C[S+](C(C)(C)C)C1. The maximum atomic E-state index is 2.44. The predicted octanol–water partition coefficient (Wildman–Crippen LogP) is 4.03. The molecular formula is C14H27S+. The zero-order valence-corrected chi connectivity index (χ0v) is 12.3. The summed E-state index contributed by atoms with van der Waals surface area (Å²) in [4.78, 5) is 0. The van der Waals surface area contributed by atoms with Crippen LogP contribution in [0.1, 0.15) is 48.5 Å². The minimum absolute atomic E-state index is 0.379. The number of rotatable bonds is 0. The Hall–Kier alpha value is 0.0900. The molecule has 0 saturated carbocycles. The number of hydrogen-bond donors (Lipinski definition) is 0. The minimum Gasteiger partial charge on any atom is -0.0775 e. The van der Waals surface area contributed by atoms with Gasteiger partial charge in [0.25, 0.3) is 0 Å². The molecule has 0 bridgehead atoms. The van der Waals surface area contributed by atoms with E-state index in [4.69, 9.17) is 0 Å². The fraction of sp³-hybridized carbons (Fsp3) is 0.857. The average Bonchev–Trinajstić information content (AvgIpc) is 2.07. The first-order valence-corrected chi connectivity index (χ1v) is 7.46. The summed E-state index contributed by atoms with van der Waals surface area (Å²) in [6.45, 7) is 16.7. The van der Waals surface area contributed by atoms with Crippen LogP contribution in [0.4, 0.5) is 0 Å². The van der Waals surface area contributed by atoms with Gasteiger partial charge in [0.1, 0.15) is 16.3 Å². The lowest BCUT2D eigenvalue weighted by atomic mass is 9.89. The van der Waals surface area contributed by atoms with Crippen molar-refractivity contribution in [2.75, 3.05) is 11.5 Å². The van der Waals surface area contributed by atoms with Crippen LogP contribution in [0.2, 0.25) is 0 Å². The quantitative estimate of drug-likeness (QED) is 0.433. The summed E-state index contributed by atoms with van der Waals surface area (Å²) in [6.07, 6.45) is 4.87. The van der Waals surface area contributed by atoms with Gasteiger partial charge >= 0.3 is 0 Å². The molecule has 0 nitrogen and oxygen atoms in total. The van der Waals surface area contributed by atoms with Gasteiger partial charge in [0.2, 0.25) is 0 Å². The van der Waals surface area contributed by atoms with Crippen molar-refractivity contribution in [3.8, 4) is 0 Å². The molecule has 0 atom stereocenters. The maximum Gasteiger partial charge on any atom is 0.119 e. The van der Waals surface area contributed by atoms with Crippen LogP contribution in [-0.4, -0.2) is 16.3 Å². The summed E-state index contributed by atoms with van der Waals surface area (Å²) in [5.74, 6) is 2.69. The normalized spacial score (nSPS) is 26.3. The molecule has 0 aliphatic carbocycles. The summed E-state index contributed by atoms with van der Waals surface area (Å²) < 4.78 is 0.459. The number of hydrogen-bond acceptors (Lipinski definition) is 0. The van der Waals surface area contributed by atoms with E-state index in [0.717, 1.165) is 0 Å². The molecule has 0 aromatic carbocycles. The highest BCUT2D eigenvalue weighted by Gasteiger charge is 2.43. The van der Waals surface area contributed by atoms with Crippen LogP contribution in [0.15, 0.2) is 12.2 Å². The summed E-state index contributed by atoms with van der Waals surface area (Å²) >= 11 is 0. The third kappa shape index (κ3) is 3.86. The molecule has 0 unspecified atom stereocenters. The van der Waals surface area contributed by atoms with E-state index in [0.29, 0.717) is 26.5 Å². The lowest BCUT2D eigenvalue weighted by molar-refractivity contribution is 0.531. The molecule has 0 N–H and O–H groups in total. The van der Waals surface area contributed by atoms with Gasteiger partial charge in [-0.2, -0.15) is 0 Å². The van der Waals surface area contributed by atoms with Crippen molar-refractivity contribution in [1.82, 2.24) is 0 Å². The monoisotopic (exact) mass is 227 g/mol. The fourth-order valence-electron chi connectivity index (χ4n) is 1.93. The molecule has 1 heteroatoms. The van der Waals surface area contributed by atoms with Crippen molar-refractivity contribution in [2.24, 2.45) is 10.8 Å². The largest absolute Gasteiger partial charge is 0.119 e. The molecule has 0 radical (unpaired) electrons. The second-order valence-corrected chi connectivity index (χ2v) is 9.99. The van der Waals surface area contributed by atoms with Crippen molar-refractivity contribution < 1.29 is 0 Å². The minimum atomic E-state index is 0.379. The molecule has 0 spiro atoms. The molecule has 0 saturated heterocycles. The van der Waals surface area contributed by atoms with Crippen LogP contribution in [0, 0.1) is 10.8 Å². The Morgan fingerprint density at radius 1 is 0.867 bits per heavy atom. The second-order valence-electron chi connectivity index (χ2n) is 7.20. The first-order chi connectivity index (χ1) is 6.52. The third-order valence-electron chi connectivity index (χ3n) is 2.94. The lowest BCUT2D eigenvalue weighted by Crippen LogP contribution is -2.39. The van der Waals surface area contributed by atoms with Gasteiger partial charge in [0.15, 0.2) is 0 Å². The second kappa shape index (κ2) is 3.84. The van der Waals surface area contributed by atoms with Crippen molar-refractivity contribution in [3.63, 3.8) is 0 Å². The van der Waals surface area contributed by atoms with Gasteiger partial charge in [-0.3, -0.25) is 0 Å². The van der Waals surface area contributed by atoms with Crippen LogP contribution in [0.3, 0.4) is 0 Å². The van der Waals surface area contributed by atoms with Crippen LogP contribution >= 0.6 is 0 Å². The zero-order valence-electron chi connectivity index (χ0n) is 11.5. The molecule has 1 aliphatic rings. The summed E-state index contributed by atoms with van der Waals surface area (Å²) in [5, 5.41) is 0. The Morgan fingerprint density at radius 2 is 1.20 bits per heavy atom. The Labute approximate surface area is 98.9 Å². The zero-order chi connectivity index (χ0) is 11.9. The van der Waals surface area contributed by atoms with E-state index in [-0.39, 0.29) is 0 Å². The Balaban J connectivity index is 2.96. The number of allylic oxidation sites excluding steroid dienone is 2. The van der Waals surface area contributed by atoms with Gasteiger partial charge in [-0.05, 0) is 31.7 Å². The van der Waals surface area contributed by atoms with Crippen LogP contribution in [-0.2, 0) is 10.9 Å². The van der Waals surface area contributed by atoms with Gasteiger partial charge < -0.3 is 0 Å². The molecule has 0 fully saturated rings. The molecule has 88 valence electrons. The van der Waals surface area contributed by atoms with E-state index in [9.17, 15) is 0 Å². The highest BCUT2D eigenvalue weighted by atomic mass is 32.2. The van der Waals surface area contributed by atoms with E-state index in [1.807, 2.05) is 0 Å². The van der Waals surface area contributed by atoms with E-state index in [2.05, 4.69) is 60.6 Å². The third-order valence-corrected chi connectivity index (χ3v) is 6.86.